The third-order valence-corrected chi connectivity index (χ3v) is 3.65. The van der Waals surface area contributed by atoms with Gasteiger partial charge in [0.2, 0.25) is 0 Å². The first-order valence-corrected chi connectivity index (χ1v) is 7.80. The van der Waals surface area contributed by atoms with Crippen LogP contribution in [0.1, 0.15) is 0 Å². The summed E-state index contributed by atoms with van der Waals surface area (Å²) in [6.45, 7) is 0. The van der Waals surface area contributed by atoms with Gasteiger partial charge in [-0.05, 0) is 0 Å². The summed E-state index contributed by atoms with van der Waals surface area (Å²) < 4.78 is 48.2. The van der Waals surface area contributed by atoms with Crippen molar-refractivity contribution in [3.63, 3.8) is 0 Å². The summed E-state index contributed by atoms with van der Waals surface area (Å²) in [7, 11) is 5.16. The van der Waals surface area contributed by atoms with Crippen LogP contribution in [-0.2, 0) is 9.59 Å². The molecule has 0 bridgehead atoms. The summed E-state index contributed by atoms with van der Waals surface area (Å²) >= 11 is 0. The van der Waals surface area contributed by atoms with Crippen molar-refractivity contribution in [1.82, 2.24) is 0 Å². The molecule has 2 N–H and O–H groups in total. The molecule has 0 spiro atoms. The topological polar surface area (TPSA) is 95.1 Å². The number of carbonyl (C=O) groups excluding carboxylic acids is 2. The van der Waals surface area contributed by atoms with E-state index in [9.17, 15) is 18.4 Å². The second kappa shape index (κ2) is 8.89. The van der Waals surface area contributed by atoms with Gasteiger partial charge in [-0.2, -0.15) is 0 Å². The Bertz CT molecular complexity index is 831. The molecule has 0 fully saturated rings. The third kappa shape index (κ3) is 4.40. The molecular weight excluding hydrogens is 378 g/mol. The molecule has 2 aromatic carbocycles. The number of methoxy groups -OCH3 is 4. The molecule has 0 unspecified atom stereocenters. The van der Waals surface area contributed by atoms with E-state index < -0.39 is 23.4 Å². The van der Waals surface area contributed by atoms with Crippen LogP contribution in [0.25, 0.3) is 0 Å². The quantitative estimate of drug-likeness (QED) is 0.729. The van der Waals surface area contributed by atoms with Crippen LogP contribution in [0.15, 0.2) is 24.3 Å². The molecule has 0 aliphatic carbocycles. The molecule has 0 aliphatic heterocycles. The van der Waals surface area contributed by atoms with Crippen LogP contribution in [0.4, 0.5) is 20.2 Å². The molecule has 0 saturated heterocycles. The van der Waals surface area contributed by atoms with Gasteiger partial charge in [0, 0.05) is 24.3 Å². The van der Waals surface area contributed by atoms with E-state index in [4.69, 9.17) is 18.9 Å². The molecule has 0 saturated carbocycles. The van der Waals surface area contributed by atoms with Crippen molar-refractivity contribution in [2.24, 2.45) is 0 Å². The molecule has 0 aromatic heterocycles. The molecule has 8 nitrogen and oxygen atoms in total. The van der Waals surface area contributed by atoms with Gasteiger partial charge in [-0.3, -0.25) is 9.59 Å². The minimum Gasteiger partial charge on any atom is -0.497 e. The Kier molecular flexibility index (Phi) is 6.59. The summed E-state index contributed by atoms with van der Waals surface area (Å²) in [5, 5.41) is 4.17. The first-order chi connectivity index (χ1) is 13.3. The fourth-order valence-electron chi connectivity index (χ4n) is 2.26. The van der Waals surface area contributed by atoms with Gasteiger partial charge in [0.1, 0.15) is 34.4 Å². The number of anilines is 2. The standard InChI is InChI=1S/C18H18F2N2O6/c1-25-9-5-11(19)15(13(7-9)27-3)21-17(23)18(24)22-16-12(20)6-10(26-2)8-14(16)28-4/h5-8H,1-4H3,(H,21,23)(H,22,24). The van der Waals surface area contributed by atoms with Crippen molar-refractivity contribution in [1.29, 1.82) is 0 Å². The third-order valence-electron chi connectivity index (χ3n) is 3.65. The van der Waals surface area contributed by atoms with Crippen LogP contribution in [0.5, 0.6) is 23.0 Å². The van der Waals surface area contributed by atoms with Crippen molar-refractivity contribution in [2.75, 3.05) is 39.1 Å². The minimum atomic E-state index is -1.25. The zero-order valence-electron chi connectivity index (χ0n) is 15.5. The fraction of sp³-hybridized carbons (Fsp3) is 0.222. The van der Waals surface area contributed by atoms with E-state index in [2.05, 4.69) is 10.6 Å². The van der Waals surface area contributed by atoms with Gasteiger partial charge >= 0.3 is 11.8 Å². The second-order valence-electron chi connectivity index (χ2n) is 5.28. The first kappa shape index (κ1) is 20.7. The molecule has 0 heterocycles. The van der Waals surface area contributed by atoms with E-state index in [1.165, 1.54) is 40.6 Å². The highest BCUT2D eigenvalue weighted by molar-refractivity contribution is 6.44. The van der Waals surface area contributed by atoms with Crippen LogP contribution in [0.3, 0.4) is 0 Å². The fourth-order valence-corrected chi connectivity index (χ4v) is 2.26. The van der Waals surface area contributed by atoms with Crippen molar-refractivity contribution >= 4 is 23.2 Å². The molecule has 10 heteroatoms. The minimum absolute atomic E-state index is 0.0637. The average Bonchev–Trinajstić information content (AvgIpc) is 2.69. The molecule has 0 radical (unpaired) electrons. The lowest BCUT2D eigenvalue weighted by atomic mass is 10.2. The normalized spacial score (nSPS) is 10.1. The Morgan fingerprint density at radius 2 is 1.04 bits per heavy atom. The summed E-state index contributed by atoms with van der Waals surface area (Å²) in [6.07, 6.45) is 0. The second-order valence-corrected chi connectivity index (χ2v) is 5.28. The largest absolute Gasteiger partial charge is 0.497 e. The zero-order chi connectivity index (χ0) is 20.8. The maximum Gasteiger partial charge on any atom is 0.314 e. The highest BCUT2D eigenvalue weighted by Gasteiger charge is 2.23. The average molecular weight is 396 g/mol. The predicted molar refractivity (Wildman–Crippen MR) is 96.3 cm³/mol. The van der Waals surface area contributed by atoms with Crippen LogP contribution in [0, 0.1) is 11.6 Å². The lowest BCUT2D eigenvalue weighted by Crippen LogP contribution is -2.30. The van der Waals surface area contributed by atoms with Crippen molar-refractivity contribution in [2.45, 2.75) is 0 Å². The maximum atomic E-state index is 14.2. The number of benzene rings is 2. The maximum absolute atomic E-state index is 14.2. The van der Waals surface area contributed by atoms with Gasteiger partial charge < -0.3 is 29.6 Å². The van der Waals surface area contributed by atoms with Gasteiger partial charge in [-0.15, -0.1) is 0 Å². The van der Waals surface area contributed by atoms with Gasteiger partial charge in [0.15, 0.2) is 11.6 Å². The van der Waals surface area contributed by atoms with E-state index in [-0.39, 0.29) is 34.4 Å². The molecule has 0 aliphatic rings. The van der Waals surface area contributed by atoms with E-state index in [1.807, 2.05) is 0 Å². The zero-order valence-corrected chi connectivity index (χ0v) is 15.5. The Labute approximate surface area is 159 Å². The van der Waals surface area contributed by atoms with Crippen LogP contribution >= 0.6 is 0 Å². The molecule has 2 amide bonds. The van der Waals surface area contributed by atoms with E-state index >= 15 is 0 Å². The van der Waals surface area contributed by atoms with E-state index in [1.54, 1.807) is 0 Å². The van der Waals surface area contributed by atoms with Gasteiger partial charge in [0.05, 0.1) is 28.4 Å². The van der Waals surface area contributed by atoms with Gasteiger partial charge in [-0.25, -0.2) is 8.78 Å². The molecule has 28 heavy (non-hydrogen) atoms. The number of rotatable bonds is 6. The summed E-state index contributed by atoms with van der Waals surface area (Å²) in [5.74, 6) is -4.09. The lowest BCUT2D eigenvalue weighted by Gasteiger charge is -2.14. The number of carbonyl (C=O) groups is 2. The number of hydrogen-bond acceptors (Lipinski definition) is 6. The Morgan fingerprint density at radius 3 is 1.32 bits per heavy atom. The highest BCUT2D eigenvalue weighted by atomic mass is 19.1. The molecule has 2 rings (SSSR count). The van der Waals surface area contributed by atoms with Crippen LogP contribution < -0.4 is 29.6 Å². The van der Waals surface area contributed by atoms with Crippen LogP contribution in [-0.4, -0.2) is 40.3 Å². The Morgan fingerprint density at radius 1 is 0.679 bits per heavy atom. The molecule has 150 valence electrons. The summed E-state index contributed by atoms with van der Waals surface area (Å²) in [4.78, 5) is 24.3. The predicted octanol–water partition coefficient (Wildman–Crippen LogP) is 2.58. The molecule has 2 aromatic rings. The van der Waals surface area contributed by atoms with Crippen molar-refractivity contribution in [3.05, 3.63) is 35.9 Å². The SMILES string of the molecule is COc1cc(F)c(NC(=O)C(=O)Nc2c(F)cc(OC)cc2OC)c(OC)c1. The number of ether oxygens (including phenoxy) is 4. The Hall–Kier alpha value is -3.56. The number of hydrogen-bond donors (Lipinski definition) is 2. The number of nitrogens with one attached hydrogen (secondary N) is 2. The van der Waals surface area contributed by atoms with Crippen molar-refractivity contribution in [3.8, 4) is 23.0 Å². The van der Waals surface area contributed by atoms with Crippen molar-refractivity contribution < 1.29 is 37.3 Å². The monoisotopic (exact) mass is 396 g/mol. The smallest absolute Gasteiger partial charge is 0.314 e. The summed E-state index contributed by atoms with van der Waals surface area (Å²) in [5.41, 5.74) is -0.740. The summed E-state index contributed by atoms with van der Waals surface area (Å²) in [6, 6.07) is 4.65. The van der Waals surface area contributed by atoms with Gasteiger partial charge in [0.25, 0.3) is 0 Å². The number of halogens is 2. The number of amides is 2. The molecule has 0 atom stereocenters. The first-order valence-electron chi connectivity index (χ1n) is 7.80. The van der Waals surface area contributed by atoms with E-state index in [0.29, 0.717) is 0 Å². The van der Waals surface area contributed by atoms with Gasteiger partial charge in [-0.1, -0.05) is 0 Å². The Balaban J connectivity index is 2.24. The highest BCUT2D eigenvalue weighted by Crippen LogP contribution is 2.34. The lowest BCUT2D eigenvalue weighted by molar-refractivity contribution is -0.133. The van der Waals surface area contributed by atoms with Crippen LogP contribution in [0.2, 0.25) is 0 Å². The van der Waals surface area contributed by atoms with E-state index in [0.717, 1.165) is 12.1 Å². The molecular formula is C18H18F2N2O6.